The van der Waals surface area contributed by atoms with E-state index < -0.39 is 12.1 Å². The summed E-state index contributed by atoms with van der Waals surface area (Å²) in [5.41, 5.74) is 0.449. The van der Waals surface area contributed by atoms with Gasteiger partial charge in [0.25, 0.3) is 0 Å². The molecular weight excluding hydrogens is 313 g/mol. The Hall–Kier alpha value is -2.87. The van der Waals surface area contributed by atoms with Gasteiger partial charge in [0, 0.05) is 6.42 Å². The molecule has 0 aromatic heterocycles. The quantitative estimate of drug-likeness (QED) is 0.616. The number of carbonyl (C=O) groups is 1. The molecule has 1 N–H and O–H groups in total. The van der Waals surface area contributed by atoms with Crippen molar-refractivity contribution in [2.24, 2.45) is 0 Å². The molecule has 1 rings (SSSR count). The number of nitrogens with one attached hydrogen (secondary N) is 1. The summed E-state index contributed by atoms with van der Waals surface area (Å²) >= 11 is 0. The van der Waals surface area contributed by atoms with E-state index in [9.17, 15) is 18.0 Å². The van der Waals surface area contributed by atoms with Crippen molar-refractivity contribution in [2.45, 2.75) is 19.2 Å². The van der Waals surface area contributed by atoms with Crippen LogP contribution in [-0.2, 0) is 11.2 Å². The molecule has 1 aromatic carbocycles. The summed E-state index contributed by atoms with van der Waals surface area (Å²) in [6.45, 7) is -0.329. The molecule has 23 heavy (non-hydrogen) atoms. The molecule has 0 aliphatic rings. The second kappa shape index (κ2) is 8.54. The van der Waals surface area contributed by atoms with Crippen LogP contribution in [0.25, 0.3) is 0 Å². The topological polar surface area (TPSA) is 71.3 Å². The van der Waals surface area contributed by atoms with Gasteiger partial charge in [0.15, 0.2) is 11.5 Å². The summed E-state index contributed by atoms with van der Waals surface area (Å²) in [5, 5.41) is 10.7. The molecular formula is C15H13F3N2O3. The summed E-state index contributed by atoms with van der Waals surface area (Å²) in [5.74, 6) is 1.10. The van der Waals surface area contributed by atoms with E-state index in [4.69, 9.17) is 16.4 Å². The maximum Gasteiger partial charge on any atom is 0.573 e. The smallest absolute Gasteiger partial charge is 0.477 e. The number of benzene rings is 1. The minimum Gasteiger partial charge on any atom is -0.477 e. The lowest BCUT2D eigenvalue weighted by molar-refractivity contribution is -0.275. The number of rotatable bonds is 7. The molecule has 0 saturated carbocycles. The first-order valence-electron chi connectivity index (χ1n) is 6.44. The minimum atomic E-state index is -4.88. The first-order chi connectivity index (χ1) is 10.9. The highest BCUT2D eigenvalue weighted by Crippen LogP contribution is 2.33. The summed E-state index contributed by atoms with van der Waals surface area (Å²) in [4.78, 5) is 11.4. The Labute approximate surface area is 131 Å². The Balaban J connectivity index is 2.82. The lowest BCUT2D eigenvalue weighted by Gasteiger charge is -2.14. The van der Waals surface area contributed by atoms with E-state index in [0.717, 1.165) is 6.07 Å². The summed E-state index contributed by atoms with van der Waals surface area (Å²) in [7, 11) is 0. The van der Waals surface area contributed by atoms with E-state index in [1.165, 1.54) is 12.1 Å². The van der Waals surface area contributed by atoms with Crippen LogP contribution in [0.15, 0.2) is 18.2 Å². The Kier molecular flexibility index (Phi) is 6.75. The minimum absolute atomic E-state index is 0.0255. The maximum absolute atomic E-state index is 12.4. The zero-order valence-electron chi connectivity index (χ0n) is 11.9. The maximum atomic E-state index is 12.4. The number of aryl methyl sites for hydroxylation is 1. The number of alkyl halides is 3. The van der Waals surface area contributed by atoms with Crippen LogP contribution in [0.3, 0.4) is 0 Å². The highest BCUT2D eigenvalue weighted by Gasteiger charge is 2.32. The largest absolute Gasteiger partial charge is 0.573 e. The van der Waals surface area contributed by atoms with Gasteiger partial charge in [0.1, 0.15) is 13.2 Å². The molecule has 0 heterocycles. The van der Waals surface area contributed by atoms with Crippen molar-refractivity contribution in [3.05, 3.63) is 23.8 Å². The molecule has 122 valence electrons. The summed E-state index contributed by atoms with van der Waals surface area (Å²) < 4.78 is 46.1. The summed E-state index contributed by atoms with van der Waals surface area (Å²) in [6.07, 6.45) is 0.328. The molecule has 0 bridgehead atoms. The number of hydrogen-bond donors (Lipinski definition) is 1. The Morgan fingerprint density at radius 2 is 2.09 bits per heavy atom. The number of halogens is 3. The fourth-order valence-corrected chi connectivity index (χ4v) is 1.64. The van der Waals surface area contributed by atoms with Gasteiger partial charge < -0.3 is 14.8 Å². The predicted octanol–water partition coefficient (Wildman–Crippen LogP) is 2.17. The van der Waals surface area contributed by atoms with Gasteiger partial charge in [-0.2, -0.15) is 5.26 Å². The number of amides is 1. The standard InChI is InChI=1S/C15H13F3N2O3/c1-2-9-22-12-5-3-11(4-6-14(21)20-8-7-19)10-13(12)23-15(16,17)18/h1,3,5,10H,4,6,8-9H2,(H,20,21). The van der Waals surface area contributed by atoms with Crippen LogP contribution in [0, 0.1) is 23.7 Å². The number of terminal acetylenes is 1. The second-order valence-electron chi connectivity index (χ2n) is 4.26. The van der Waals surface area contributed by atoms with Gasteiger partial charge in [-0.3, -0.25) is 4.79 Å². The average Bonchev–Trinajstić information content (AvgIpc) is 2.48. The van der Waals surface area contributed by atoms with Gasteiger partial charge in [-0.25, -0.2) is 0 Å². The molecule has 5 nitrogen and oxygen atoms in total. The van der Waals surface area contributed by atoms with Crippen molar-refractivity contribution in [1.29, 1.82) is 5.26 Å². The lowest BCUT2D eigenvalue weighted by atomic mass is 10.1. The van der Waals surface area contributed by atoms with Crippen molar-refractivity contribution in [3.8, 4) is 29.9 Å². The third-order valence-corrected chi connectivity index (χ3v) is 2.55. The number of ether oxygens (including phenoxy) is 2. The molecule has 0 fully saturated rings. The number of hydrogen-bond acceptors (Lipinski definition) is 4. The normalized spacial score (nSPS) is 10.3. The molecule has 8 heteroatoms. The van der Waals surface area contributed by atoms with Gasteiger partial charge in [-0.15, -0.1) is 19.6 Å². The first kappa shape index (κ1) is 18.2. The third-order valence-electron chi connectivity index (χ3n) is 2.55. The van der Waals surface area contributed by atoms with Crippen LogP contribution in [0.1, 0.15) is 12.0 Å². The van der Waals surface area contributed by atoms with Gasteiger partial charge >= 0.3 is 6.36 Å². The first-order valence-corrected chi connectivity index (χ1v) is 6.44. The van der Waals surface area contributed by atoms with E-state index in [2.05, 4.69) is 16.0 Å². The SMILES string of the molecule is C#CCOc1ccc(CCC(=O)NCC#N)cc1OC(F)(F)F. The van der Waals surface area contributed by atoms with E-state index in [-0.39, 0.29) is 37.6 Å². The molecule has 0 saturated heterocycles. The van der Waals surface area contributed by atoms with Crippen LogP contribution >= 0.6 is 0 Å². The predicted molar refractivity (Wildman–Crippen MR) is 74.4 cm³/mol. The molecule has 1 amide bonds. The van der Waals surface area contributed by atoms with Crippen LogP contribution in [-0.4, -0.2) is 25.4 Å². The molecule has 1 aromatic rings. The van der Waals surface area contributed by atoms with Crippen molar-refractivity contribution in [2.75, 3.05) is 13.2 Å². The van der Waals surface area contributed by atoms with Gasteiger partial charge in [0.2, 0.25) is 5.91 Å². The number of nitrogens with zero attached hydrogens (tertiary/aromatic N) is 1. The lowest BCUT2D eigenvalue weighted by Crippen LogP contribution is -2.23. The van der Waals surface area contributed by atoms with Crippen molar-refractivity contribution in [1.82, 2.24) is 5.32 Å². The highest BCUT2D eigenvalue weighted by atomic mass is 19.4. The van der Waals surface area contributed by atoms with Crippen molar-refractivity contribution >= 4 is 5.91 Å². The molecule has 0 atom stereocenters. The van der Waals surface area contributed by atoms with E-state index >= 15 is 0 Å². The monoisotopic (exact) mass is 326 g/mol. The number of carbonyl (C=O) groups excluding carboxylic acids is 1. The van der Waals surface area contributed by atoms with Gasteiger partial charge in [-0.1, -0.05) is 12.0 Å². The molecule has 0 unspecified atom stereocenters. The van der Waals surface area contributed by atoms with Crippen LogP contribution in [0.4, 0.5) is 13.2 Å². The van der Waals surface area contributed by atoms with Gasteiger partial charge in [0.05, 0.1) is 6.07 Å². The van der Waals surface area contributed by atoms with E-state index in [1.807, 2.05) is 0 Å². The van der Waals surface area contributed by atoms with Gasteiger partial charge in [-0.05, 0) is 24.1 Å². The van der Waals surface area contributed by atoms with Crippen LogP contribution in [0.2, 0.25) is 0 Å². The van der Waals surface area contributed by atoms with E-state index in [0.29, 0.717) is 5.56 Å². The molecule has 0 aliphatic carbocycles. The second-order valence-corrected chi connectivity index (χ2v) is 4.26. The summed E-state index contributed by atoms with van der Waals surface area (Å²) in [6, 6.07) is 5.68. The zero-order valence-corrected chi connectivity index (χ0v) is 11.9. The average molecular weight is 326 g/mol. The fraction of sp³-hybridized carbons (Fsp3) is 0.333. The Morgan fingerprint density at radius 3 is 2.70 bits per heavy atom. The van der Waals surface area contributed by atoms with Crippen LogP contribution < -0.4 is 14.8 Å². The molecule has 0 radical (unpaired) electrons. The molecule has 0 spiro atoms. The molecule has 0 aliphatic heterocycles. The fourth-order valence-electron chi connectivity index (χ4n) is 1.64. The number of nitriles is 1. The van der Waals surface area contributed by atoms with Crippen LogP contribution in [0.5, 0.6) is 11.5 Å². The Bertz CT molecular complexity index is 630. The van der Waals surface area contributed by atoms with Crippen molar-refractivity contribution < 1.29 is 27.4 Å². The Morgan fingerprint density at radius 1 is 1.35 bits per heavy atom. The third kappa shape index (κ3) is 7.09. The van der Waals surface area contributed by atoms with E-state index in [1.54, 1.807) is 6.07 Å². The highest BCUT2D eigenvalue weighted by molar-refractivity contribution is 5.76. The van der Waals surface area contributed by atoms with Crippen molar-refractivity contribution in [3.63, 3.8) is 0 Å². The zero-order chi connectivity index (χ0) is 17.3.